The quantitative estimate of drug-likeness (QED) is 0.620. The maximum absolute atomic E-state index is 13.9. The van der Waals surface area contributed by atoms with Gasteiger partial charge in [0, 0.05) is 6.54 Å². The Hall–Kier alpha value is -3.41. The Kier molecular flexibility index (Phi) is 6.13. The lowest BCUT2D eigenvalue weighted by molar-refractivity contribution is -0.137. The molecule has 0 aliphatic heterocycles. The lowest BCUT2D eigenvalue weighted by Crippen LogP contribution is -2.36. The number of amides is 2. The third-order valence-corrected chi connectivity index (χ3v) is 3.60. The lowest BCUT2D eigenvalue weighted by atomic mass is 10.1. The zero-order chi connectivity index (χ0) is 20.0. The molecule has 0 atom stereocenters. The number of benzene rings is 2. The third-order valence-electron chi connectivity index (χ3n) is 3.60. The average molecular weight is 379 g/mol. The molecule has 2 rings (SSSR count). The van der Waals surface area contributed by atoms with Gasteiger partial charge in [-0.25, -0.2) is 4.39 Å². The summed E-state index contributed by atoms with van der Waals surface area (Å²) in [6.45, 7) is -0.549. The Morgan fingerprint density at radius 2 is 1.85 bits per heavy atom. The van der Waals surface area contributed by atoms with Crippen LogP contribution in [0.3, 0.4) is 0 Å². The van der Waals surface area contributed by atoms with Crippen LogP contribution in [0.1, 0.15) is 16.7 Å². The highest BCUT2D eigenvalue weighted by Gasteiger charge is 2.29. The van der Waals surface area contributed by atoms with Gasteiger partial charge in [-0.05, 0) is 35.9 Å². The van der Waals surface area contributed by atoms with E-state index in [2.05, 4.69) is 5.32 Å². The maximum Gasteiger partial charge on any atom is 0.416 e. The van der Waals surface area contributed by atoms with Crippen LogP contribution in [0, 0.1) is 17.1 Å². The van der Waals surface area contributed by atoms with Gasteiger partial charge in [0.25, 0.3) is 0 Å². The molecule has 0 saturated carbocycles. The third kappa shape index (κ3) is 5.28. The fraction of sp³-hybridized carbons (Fsp3) is 0.167. The van der Waals surface area contributed by atoms with Crippen LogP contribution in [0.2, 0.25) is 0 Å². The molecule has 0 aliphatic rings. The Balaban J connectivity index is 1.98. The van der Waals surface area contributed by atoms with E-state index in [0.717, 1.165) is 23.1 Å². The van der Waals surface area contributed by atoms with Crippen molar-refractivity contribution in [2.75, 3.05) is 11.4 Å². The molecule has 0 saturated heterocycles. The zero-order valence-electron chi connectivity index (χ0n) is 13.8. The van der Waals surface area contributed by atoms with Crippen molar-refractivity contribution in [3.8, 4) is 6.07 Å². The molecule has 1 N–H and O–H groups in total. The van der Waals surface area contributed by atoms with Crippen LogP contribution < -0.4 is 10.2 Å². The Morgan fingerprint density at radius 1 is 1.19 bits per heavy atom. The second-order valence-corrected chi connectivity index (χ2v) is 5.48. The van der Waals surface area contributed by atoms with Crippen molar-refractivity contribution < 1.29 is 27.2 Å². The summed E-state index contributed by atoms with van der Waals surface area (Å²) in [5, 5.41) is 11.1. The molecular formula is C18H13F4N3O2. The number of hydrogen-bond acceptors (Lipinski definition) is 3. The maximum atomic E-state index is 13.9. The minimum absolute atomic E-state index is 0.0560. The van der Waals surface area contributed by atoms with Crippen LogP contribution in [0.4, 0.5) is 23.2 Å². The molecule has 0 aromatic heterocycles. The summed E-state index contributed by atoms with van der Waals surface area (Å²) < 4.78 is 51.4. The van der Waals surface area contributed by atoms with E-state index in [1.165, 1.54) is 24.3 Å². The van der Waals surface area contributed by atoms with Crippen molar-refractivity contribution in [3.05, 3.63) is 65.0 Å². The number of nitrogens with zero attached hydrogens (tertiary/aromatic N) is 2. The van der Waals surface area contributed by atoms with Gasteiger partial charge in [0.2, 0.25) is 12.3 Å². The number of alkyl halides is 3. The molecule has 2 aromatic rings. The van der Waals surface area contributed by atoms with Crippen molar-refractivity contribution in [1.29, 1.82) is 5.26 Å². The number of nitrogens with one attached hydrogen (secondary N) is 1. The van der Waals surface area contributed by atoms with Gasteiger partial charge < -0.3 is 10.2 Å². The number of halogens is 4. The number of carbonyl (C=O) groups excluding carboxylic acids is 2. The van der Waals surface area contributed by atoms with Crippen LogP contribution in [-0.2, 0) is 22.3 Å². The van der Waals surface area contributed by atoms with E-state index in [4.69, 9.17) is 5.26 Å². The minimum Gasteiger partial charge on any atom is -0.350 e. The predicted octanol–water partition coefficient (Wildman–Crippen LogP) is 3.00. The summed E-state index contributed by atoms with van der Waals surface area (Å²) in [6, 6.07) is 9.42. The van der Waals surface area contributed by atoms with Gasteiger partial charge in [0.1, 0.15) is 12.4 Å². The average Bonchev–Trinajstić information content (AvgIpc) is 2.64. The van der Waals surface area contributed by atoms with Crippen LogP contribution >= 0.6 is 0 Å². The number of nitriles is 1. The molecule has 2 amide bonds. The van der Waals surface area contributed by atoms with Gasteiger partial charge >= 0.3 is 6.18 Å². The minimum atomic E-state index is -4.45. The lowest BCUT2D eigenvalue weighted by Gasteiger charge is -2.18. The Bertz CT molecular complexity index is 874. The number of hydrogen-bond donors (Lipinski definition) is 1. The highest BCUT2D eigenvalue weighted by Crippen LogP contribution is 2.29. The molecule has 2 aromatic carbocycles. The fourth-order valence-corrected chi connectivity index (χ4v) is 2.21. The van der Waals surface area contributed by atoms with Gasteiger partial charge in [-0.15, -0.1) is 0 Å². The number of carbonyl (C=O) groups is 2. The summed E-state index contributed by atoms with van der Waals surface area (Å²) in [5.41, 5.74) is -0.484. The van der Waals surface area contributed by atoms with E-state index in [-0.39, 0.29) is 24.2 Å². The Morgan fingerprint density at radius 3 is 2.37 bits per heavy atom. The first kappa shape index (κ1) is 19.9. The normalized spacial score (nSPS) is 10.8. The highest BCUT2D eigenvalue weighted by atomic mass is 19.4. The van der Waals surface area contributed by atoms with Crippen LogP contribution in [0.5, 0.6) is 0 Å². The largest absolute Gasteiger partial charge is 0.416 e. The van der Waals surface area contributed by atoms with Crippen molar-refractivity contribution in [1.82, 2.24) is 5.32 Å². The molecule has 0 aliphatic carbocycles. The number of anilines is 1. The molecule has 0 spiro atoms. The fourth-order valence-electron chi connectivity index (χ4n) is 2.21. The van der Waals surface area contributed by atoms with Crippen LogP contribution in [-0.4, -0.2) is 18.9 Å². The molecule has 9 heteroatoms. The highest BCUT2D eigenvalue weighted by molar-refractivity contribution is 5.88. The number of rotatable bonds is 6. The van der Waals surface area contributed by atoms with E-state index < -0.39 is 30.0 Å². The van der Waals surface area contributed by atoms with Gasteiger partial charge in [0.15, 0.2) is 0 Å². The second-order valence-electron chi connectivity index (χ2n) is 5.48. The van der Waals surface area contributed by atoms with Gasteiger partial charge in [-0.1, -0.05) is 12.1 Å². The predicted molar refractivity (Wildman–Crippen MR) is 87.8 cm³/mol. The summed E-state index contributed by atoms with van der Waals surface area (Å²) >= 11 is 0. The van der Waals surface area contributed by atoms with E-state index in [1.807, 2.05) is 0 Å². The SMILES string of the molecule is N#Cc1ccc(N(C=O)CC(=O)NCc2ccc(C(F)(F)F)cc2)c(F)c1. The molecule has 5 nitrogen and oxygen atoms in total. The molecule has 140 valence electrons. The monoisotopic (exact) mass is 379 g/mol. The van der Waals surface area contributed by atoms with E-state index in [0.29, 0.717) is 5.56 Å². The van der Waals surface area contributed by atoms with E-state index in [1.54, 1.807) is 6.07 Å². The van der Waals surface area contributed by atoms with Gasteiger partial charge in [-0.3, -0.25) is 9.59 Å². The molecule has 0 radical (unpaired) electrons. The first-order valence-electron chi connectivity index (χ1n) is 7.59. The van der Waals surface area contributed by atoms with Gasteiger partial charge in [0.05, 0.1) is 22.9 Å². The van der Waals surface area contributed by atoms with Crippen molar-refractivity contribution in [2.45, 2.75) is 12.7 Å². The Labute approximate surface area is 151 Å². The van der Waals surface area contributed by atoms with Crippen molar-refractivity contribution in [2.24, 2.45) is 0 Å². The molecule has 0 unspecified atom stereocenters. The molecule has 0 heterocycles. The first-order valence-corrected chi connectivity index (χ1v) is 7.59. The summed E-state index contributed by atoms with van der Waals surface area (Å²) in [7, 11) is 0. The summed E-state index contributed by atoms with van der Waals surface area (Å²) in [4.78, 5) is 23.9. The molecule has 27 heavy (non-hydrogen) atoms. The molecular weight excluding hydrogens is 366 g/mol. The molecule has 0 bridgehead atoms. The van der Waals surface area contributed by atoms with Crippen LogP contribution in [0.15, 0.2) is 42.5 Å². The van der Waals surface area contributed by atoms with Gasteiger partial charge in [-0.2, -0.15) is 18.4 Å². The van der Waals surface area contributed by atoms with Crippen molar-refractivity contribution >= 4 is 18.0 Å². The van der Waals surface area contributed by atoms with Crippen molar-refractivity contribution in [3.63, 3.8) is 0 Å². The smallest absolute Gasteiger partial charge is 0.350 e. The summed E-state index contributed by atoms with van der Waals surface area (Å²) in [5.74, 6) is -1.47. The molecule has 0 fully saturated rings. The topological polar surface area (TPSA) is 73.2 Å². The summed E-state index contributed by atoms with van der Waals surface area (Å²) in [6.07, 6.45) is -4.18. The standard InChI is InChI=1S/C18H13F4N3O2/c19-15-7-13(8-23)3-6-16(15)25(11-26)10-17(27)24-9-12-1-4-14(5-2-12)18(20,21)22/h1-7,11H,9-10H2,(H,24,27). The van der Waals surface area contributed by atoms with E-state index in [9.17, 15) is 27.2 Å². The van der Waals surface area contributed by atoms with E-state index >= 15 is 0 Å². The zero-order valence-corrected chi connectivity index (χ0v) is 13.8. The van der Waals surface area contributed by atoms with Crippen LogP contribution in [0.25, 0.3) is 0 Å². The first-order chi connectivity index (χ1) is 12.7. The second kappa shape index (κ2) is 8.31.